The molecule has 0 saturated heterocycles. The van der Waals surface area contributed by atoms with Crippen LogP contribution in [0.2, 0.25) is 0 Å². The van der Waals surface area contributed by atoms with Gasteiger partial charge in [-0.15, -0.1) is 0 Å². The molecule has 0 unspecified atom stereocenters. The number of ether oxygens (including phenoxy) is 2. The number of unbranched alkanes of at least 4 members (excludes halogenated alkanes) is 4. The third-order valence-electron chi connectivity index (χ3n) is 5.07. The van der Waals surface area contributed by atoms with Crippen LogP contribution in [-0.4, -0.2) is 105 Å². The Balaban J connectivity index is -0.00000109. The van der Waals surface area contributed by atoms with Crippen LogP contribution >= 0.6 is 0 Å². The highest BCUT2D eigenvalue weighted by Crippen LogP contribution is 2.19. The zero-order valence-electron chi connectivity index (χ0n) is 23.7. The van der Waals surface area contributed by atoms with Crippen LogP contribution in [0, 0.1) is 17.3 Å². The fraction of sp³-hybridized carbons (Fsp3) is 0.913. The van der Waals surface area contributed by atoms with Crippen molar-refractivity contribution in [1.82, 2.24) is 0 Å². The quantitative estimate of drug-likeness (QED) is 0.0511. The van der Waals surface area contributed by atoms with Gasteiger partial charge in [0, 0.05) is 12.8 Å². The lowest BCUT2D eigenvalue weighted by molar-refractivity contribution is -0.159. The van der Waals surface area contributed by atoms with Gasteiger partial charge in [-0.05, 0) is 24.7 Å². The lowest BCUT2D eigenvalue weighted by Crippen LogP contribution is -2.41. The van der Waals surface area contributed by atoms with E-state index in [1.807, 2.05) is 0 Å². The largest absolute Gasteiger partial charge is 0.668 e. The van der Waals surface area contributed by atoms with E-state index in [1.165, 1.54) is 0 Å². The van der Waals surface area contributed by atoms with Gasteiger partial charge in [0.25, 0.3) is 0 Å². The van der Waals surface area contributed by atoms with Gasteiger partial charge in [0.2, 0.25) is 0 Å². The summed E-state index contributed by atoms with van der Waals surface area (Å²) >= 11 is 0. The molecule has 0 heterocycles. The molecule has 0 fully saturated rings. The second-order valence-electron chi connectivity index (χ2n) is 10.3. The molecule has 0 bridgehead atoms. The first kappa shape index (κ1) is 42.4. The van der Waals surface area contributed by atoms with E-state index >= 15 is 0 Å². The summed E-state index contributed by atoms with van der Waals surface area (Å²) in [5.74, 6) is 0.633. The van der Waals surface area contributed by atoms with Gasteiger partial charge >= 0.3 is 30.0 Å². The third kappa shape index (κ3) is 41.6. The number of hydrogen-bond acceptors (Lipinski definition) is 14. The summed E-state index contributed by atoms with van der Waals surface area (Å²) in [5.41, 5.74) is -1.15. The van der Waals surface area contributed by atoms with E-state index in [9.17, 15) is 19.8 Å². The minimum atomic E-state index is -4.61. The van der Waals surface area contributed by atoms with Crippen molar-refractivity contribution in [3.05, 3.63) is 0 Å². The lowest BCUT2D eigenvalue weighted by atomic mass is 9.92. The van der Waals surface area contributed by atoms with Crippen molar-refractivity contribution >= 4 is 30.0 Å². The predicted molar refractivity (Wildman–Crippen MR) is 144 cm³/mol. The van der Waals surface area contributed by atoms with Crippen molar-refractivity contribution in [3.8, 4) is 0 Å². The number of rotatable bonds is 18. The maximum absolute atomic E-state index is 11.9. The van der Waals surface area contributed by atoms with Gasteiger partial charge in [0.05, 0.1) is 18.6 Å². The van der Waals surface area contributed by atoms with Crippen LogP contribution in [-0.2, 0) is 19.1 Å². The molecule has 0 radical (unpaired) electrons. The molecule has 16 heteroatoms. The molecule has 14 nitrogen and oxygen atoms in total. The molecular formula is C23H52O14Si2. The Morgan fingerprint density at radius 1 is 0.590 bits per heavy atom. The van der Waals surface area contributed by atoms with Crippen LogP contribution in [0.5, 0.6) is 0 Å². The Morgan fingerprint density at radius 3 is 1.10 bits per heavy atom. The van der Waals surface area contributed by atoms with Crippen LogP contribution < -0.4 is 0 Å². The Bertz CT molecular complexity index is 543. The second kappa shape index (κ2) is 23.7. The average Bonchev–Trinajstić information content (AvgIpc) is 2.76. The second-order valence-corrected chi connectivity index (χ2v) is 12.7. The molecular weight excluding hydrogens is 556 g/mol. The summed E-state index contributed by atoms with van der Waals surface area (Å²) in [4.78, 5) is 82.4. The zero-order valence-corrected chi connectivity index (χ0v) is 25.7. The van der Waals surface area contributed by atoms with Gasteiger partial charge in [-0.2, -0.15) is 0 Å². The molecule has 236 valence electrons. The van der Waals surface area contributed by atoms with Crippen LogP contribution in [0.4, 0.5) is 0 Å². The molecule has 0 rings (SSSR count). The first-order valence-corrected chi connectivity index (χ1v) is 16.6. The number of aliphatic hydroxyl groups is 2. The number of esters is 2. The third-order valence-corrected chi connectivity index (χ3v) is 5.07. The molecule has 0 aliphatic carbocycles. The average molecular weight is 609 g/mol. The van der Waals surface area contributed by atoms with Crippen molar-refractivity contribution in [3.63, 3.8) is 0 Å². The first-order chi connectivity index (χ1) is 17.7. The van der Waals surface area contributed by atoms with E-state index in [1.54, 1.807) is 0 Å². The van der Waals surface area contributed by atoms with Gasteiger partial charge in [-0.25, -0.2) is 0 Å². The van der Waals surface area contributed by atoms with Crippen LogP contribution in [0.3, 0.4) is 0 Å². The Hall–Kier alpha value is -1.03. The van der Waals surface area contributed by atoms with E-state index < -0.39 is 36.7 Å². The molecule has 0 aliphatic heterocycles. The summed E-state index contributed by atoms with van der Waals surface area (Å²) in [6, 6.07) is 0. The topological polar surface area (TPSA) is 255 Å². The maximum atomic E-state index is 11.9. The summed E-state index contributed by atoms with van der Waals surface area (Å²) in [7, 11) is -9.22. The minimum Gasteiger partial charge on any atom is -0.465 e. The molecule has 0 saturated carbocycles. The normalized spacial score (nSPS) is 11.9. The highest BCUT2D eigenvalue weighted by Gasteiger charge is 2.33. The Morgan fingerprint density at radius 2 is 0.872 bits per heavy atom. The Labute approximate surface area is 233 Å². The zero-order chi connectivity index (χ0) is 31.1. The fourth-order valence-corrected chi connectivity index (χ4v) is 2.88. The standard InChI is InChI=1S/C23H44O6.2H4O4Si/c1-19(2)11-7-5-9-13-21(26)28-17-23(15-24,16-25)18-29-22(27)14-10-6-8-12-20(3)4;2*1-5(2,3)4/h19-20,24-25H,5-18H2,1-4H3;2*1-4H. The molecule has 10 N–H and O–H groups in total. The Kier molecular flexibility index (Phi) is 25.7. The SMILES string of the molecule is CC(C)CCCCCC(=O)OCC(CO)(CO)COC(=O)CCCCCC(C)C.O[Si](O)(O)O.O[Si](O)(O)O. The molecule has 0 amide bonds. The van der Waals surface area contributed by atoms with E-state index in [2.05, 4.69) is 27.7 Å². The molecule has 39 heavy (non-hydrogen) atoms. The van der Waals surface area contributed by atoms with Gasteiger partial charge in [-0.3, -0.25) is 9.59 Å². The molecule has 0 aromatic heterocycles. The molecule has 0 spiro atoms. The van der Waals surface area contributed by atoms with Crippen molar-refractivity contribution in [2.24, 2.45) is 17.3 Å². The maximum Gasteiger partial charge on any atom is 0.668 e. The van der Waals surface area contributed by atoms with Gasteiger partial charge in [0.15, 0.2) is 0 Å². The molecule has 0 aliphatic rings. The van der Waals surface area contributed by atoms with E-state index in [0.29, 0.717) is 24.7 Å². The van der Waals surface area contributed by atoms with Crippen molar-refractivity contribution < 1.29 is 67.6 Å². The van der Waals surface area contributed by atoms with Crippen molar-refractivity contribution in [2.75, 3.05) is 26.4 Å². The lowest BCUT2D eigenvalue weighted by Gasteiger charge is -2.28. The number of carbonyl (C=O) groups excluding carboxylic acids is 2. The molecule has 0 atom stereocenters. The van der Waals surface area contributed by atoms with Crippen molar-refractivity contribution in [1.29, 1.82) is 0 Å². The summed E-state index contributed by atoms with van der Waals surface area (Å²) < 4.78 is 10.5. The predicted octanol–water partition coefficient (Wildman–Crippen LogP) is -0.961. The summed E-state index contributed by atoms with van der Waals surface area (Å²) in [6.07, 6.45) is 8.62. The van der Waals surface area contributed by atoms with Gasteiger partial charge in [-0.1, -0.05) is 66.2 Å². The summed E-state index contributed by atoms with van der Waals surface area (Å²) in [5, 5.41) is 19.3. The number of aliphatic hydroxyl groups excluding tert-OH is 2. The fourth-order valence-electron chi connectivity index (χ4n) is 2.88. The molecule has 0 aromatic carbocycles. The number of hydrogen-bond donors (Lipinski definition) is 10. The van der Waals surface area contributed by atoms with E-state index in [-0.39, 0.29) is 25.2 Å². The smallest absolute Gasteiger partial charge is 0.465 e. The van der Waals surface area contributed by atoms with E-state index in [0.717, 1.165) is 51.4 Å². The highest BCUT2D eigenvalue weighted by molar-refractivity contribution is 6.47. The van der Waals surface area contributed by atoms with Crippen LogP contribution in [0.15, 0.2) is 0 Å². The number of carbonyl (C=O) groups is 2. The van der Waals surface area contributed by atoms with Gasteiger partial charge < -0.3 is 58.1 Å². The minimum absolute atomic E-state index is 0.160. The van der Waals surface area contributed by atoms with E-state index in [4.69, 9.17) is 47.8 Å². The van der Waals surface area contributed by atoms with Crippen LogP contribution in [0.25, 0.3) is 0 Å². The highest BCUT2D eigenvalue weighted by atomic mass is 28.4. The monoisotopic (exact) mass is 608 g/mol. The first-order valence-electron chi connectivity index (χ1n) is 13.1. The van der Waals surface area contributed by atoms with Crippen molar-refractivity contribution in [2.45, 2.75) is 91.9 Å². The van der Waals surface area contributed by atoms with Crippen LogP contribution in [0.1, 0.15) is 91.9 Å². The molecule has 0 aromatic rings. The summed E-state index contributed by atoms with van der Waals surface area (Å²) in [6.45, 7) is 7.54. The van der Waals surface area contributed by atoms with Gasteiger partial charge in [0.1, 0.15) is 13.2 Å².